The van der Waals surface area contributed by atoms with E-state index in [1.54, 1.807) is 6.07 Å². The summed E-state index contributed by atoms with van der Waals surface area (Å²) in [6.07, 6.45) is 0.192. The molecule has 0 bridgehead atoms. The lowest BCUT2D eigenvalue weighted by atomic mass is 9.93. The lowest BCUT2D eigenvalue weighted by Crippen LogP contribution is -2.14. The number of ketones is 1. The highest BCUT2D eigenvalue weighted by atomic mass is 16.5. The number of Topliss-reactive ketones (excluding diaryl/α,β-unsaturated/α-hetero) is 1. The molecule has 0 N–H and O–H groups in total. The molecule has 0 atom stereocenters. The maximum absolute atomic E-state index is 12.1. The second-order valence-electron chi connectivity index (χ2n) is 4.46. The predicted molar refractivity (Wildman–Crippen MR) is 70.9 cm³/mol. The van der Waals surface area contributed by atoms with Crippen LogP contribution in [0.5, 0.6) is 0 Å². The van der Waals surface area contributed by atoms with Gasteiger partial charge in [-0.25, -0.2) is 0 Å². The highest BCUT2D eigenvalue weighted by molar-refractivity contribution is 6.04. The lowest BCUT2D eigenvalue weighted by molar-refractivity contribution is -0.141. The summed E-state index contributed by atoms with van der Waals surface area (Å²) in [6.45, 7) is -0.191. The van der Waals surface area contributed by atoms with Gasteiger partial charge in [-0.15, -0.1) is 0 Å². The Morgan fingerprint density at radius 1 is 0.789 bits per heavy atom. The van der Waals surface area contributed by atoms with Crippen LogP contribution >= 0.6 is 0 Å². The van der Waals surface area contributed by atoms with Crippen LogP contribution in [0.1, 0.15) is 15.9 Å². The van der Waals surface area contributed by atoms with E-state index in [1.165, 1.54) is 0 Å². The molecule has 3 nitrogen and oxygen atoms in total. The monoisotopic (exact) mass is 252 g/mol. The standard InChI is InChI=1S/C16H12O3/c17-15-10-19-16(18)9-11-5-1-2-6-12(11)13-7-3-4-8-14(13)15/h1-8H,9-10H2. The minimum absolute atomic E-state index is 0.166. The number of hydrogen-bond donors (Lipinski definition) is 0. The molecule has 0 aliphatic carbocycles. The third-order valence-corrected chi connectivity index (χ3v) is 3.23. The van der Waals surface area contributed by atoms with Gasteiger partial charge in [-0.2, -0.15) is 0 Å². The zero-order chi connectivity index (χ0) is 13.2. The molecule has 0 spiro atoms. The molecule has 3 heteroatoms. The fourth-order valence-electron chi connectivity index (χ4n) is 2.33. The summed E-state index contributed by atoms with van der Waals surface area (Å²) < 4.78 is 5.00. The summed E-state index contributed by atoms with van der Waals surface area (Å²) in [5.74, 6) is -0.533. The van der Waals surface area contributed by atoms with E-state index in [2.05, 4.69) is 0 Å². The molecule has 3 rings (SSSR count). The van der Waals surface area contributed by atoms with Crippen molar-refractivity contribution < 1.29 is 14.3 Å². The Kier molecular flexibility index (Phi) is 2.88. The molecule has 1 heterocycles. The largest absolute Gasteiger partial charge is 0.457 e. The Morgan fingerprint density at radius 3 is 2.21 bits per heavy atom. The third kappa shape index (κ3) is 2.15. The van der Waals surface area contributed by atoms with Crippen molar-refractivity contribution in [3.05, 3.63) is 59.7 Å². The van der Waals surface area contributed by atoms with Crippen LogP contribution in [0.15, 0.2) is 48.5 Å². The smallest absolute Gasteiger partial charge is 0.310 e. The molecule has 0 saturated heterocycles. The highest BCUT2D eigenvalue weighted by Crippen LogP contribution is 2.29. The van der Waals surface area contributed by atoms with Gasteiger partial charge in [0.25, 0.3) is 0 Å². The summed E-state index contributed by atoms with van der Waals surface area (Å²) in [5.41, 5.74) is 3.27. The van der Waals surface area contributed by atoms with Gasteiger partial charge in [0.05, 0.1) is 6.42 Å². The first-order chi connectivity index (χ1) is 9.25. The summed E-state index contributed by atoms with van der Waals surface area (Å²) in [7, 11) is 0. The molecule has 94 valence electrons. The fourth-order valence-corrected chi connectivity index (χ4v) is 2.33. The van der Waals surface area contributed by atoms with Gasteiger partial charge in [0.15, 0.2) is 6.61 Å². The maximum atomic E-state index is 12.1. The van der Waals surface area contributed by atoms with Crippen LogP contribution in [-0.2, 0) is 16.0 Å². The molecule has 1 aliphatic heterocycles. The average Bonchev–Trinajstić information content (AvgIpc) is 2.49. The van der Waals surface area contributed by atoms with E-state index >= 15 is 0 Å². The number of ether oxygens (including phenoxy) is 1. The van der Waals surface area contributed by atoms with Crippen LogP contribution in [0.25, 0.3) is 11.1 Å². The van der Waals surface area contributed by atoms with Gasteiger partial charge in [-0.05, 0) is 16.7 Å². The van der Waals surface area contributed by atoms with E-state index < -0.39 is 0 Å². The van der Waals surface area contributed by atoms with Crippen molar-refractivity contribution in [2.24, 2.45) is 0 Å². The molecule has 2 aromatic rings. The quantitative estimate of drug-likeness (QED) is 0.677. The summed E-state index contributed by atoms with van der Waals surface area (Å²) in [5, 5.41) is 0. The van der Waals surface area contributed by atoms with Crippen LogP contribution < -0.4 is 0 Å². The first-order valence-corrected chi connectivity index (χ1v) is 6.12. The van der Waals surface area contributed by atoms with Crippen LogP contribution in [0.3, 0.4) is 0 Å². The Balaban J connectivity index is 2.26. The van der Waals surface area contributed by atoms with Crippen LogP contribution in [0.2, 0.25) is 0 Å². The summed E-state index contributed by atoms with van der Waals surface area (Å²) in [4.78, 5) is 23.8. The molecule has 0 radical (unpaired) electrons. The van der Waals surface area contributed by atoms with Gasteiger partial charge in [0, 0.05) is 5.56 Å². The average molecular weight is 252 g/mol. The fraction of sp³-hybridized carbons (Fsp3) is 0.125. The Morgan fingerprint density at radius 2 is 1.42 bits per heavy atom. The van der Waals surface area contributed by atoms with Crippen LogP contribution in [0.4, 0.5) is 0 Å². The van der Waals surface area contributed by atoms with Gasteiger partial charge < -0.3 is 4.74 Å². The molecule has 0 unspecified atom stereocenters. The number of rotatable bonds is 0. The topological polar surface area (TPSA) is 43.4 Å². The highest BCUT2D eigenvalue weighted by Gasteiger charge is 2.20. The number of esters is 1. The number of benzene rings is 2. The van der Waals surface area contributed by atoms with Crippen molar-refractivity contribution >= 4 is 11.8 Å². The number of carbonyl (C=O) groups excluding carboxylic acids is 2. The molecular formula is C16H12O3. The van der Waals surface area contributed by atoms with Gasteiger partial charge in [-0.1, -0.05) is 48.5 Å². The molecule has 0 amide bonds. The zero-order valence-electron chi connectivity index (χ0n) is 10.3. The second-order valence-corrected chi connectivity index (χ2v) is 4.46. The Hall–Kier alpha value is -2.42. The molecule has 0 aromatic heterocycles. The molecular weight excluding hydrogens is 240 g/mol. The number of cyclic esters (lactones) is 1. The molecule has 0 fully saturated rings. The van der Waals surface area contributed by atoms with Crippen molar-refractivity contribution in [3.8, 4) is 11.1 Å². The minimum Gasteiger partial charge on any atom is -0.457 e. The predicted octanol–water partition coefficient (Wildman–Crippen LogP) is 2.64. The normalized spacial score (nSPS) is 14.5. The third-order valence-electron chi connectivity index (χ3n) is 3.23. The van der Waals surface area contributed by atoms with Crippen molar-refractivity contribution in [1.82, 2.24) is 0 Å². The minimum atomic E-state index is -0.367. The molecule has 1 aliphatic rings. The van der Waals surface area contributed by atoms with E-state index in [1.807, 2.05) is 42.5 Å². The van der Waals surface area contributed by atoms with Crippen molar-refractivity contribution in [2.75, 3.05) is 6.61 Å². The van der Waals surface area contributed by atoms with E-state index in [-0.39, 0.29) is 24.8 Å². The summed E-state index contributed by atoms with van der Waals surface area (Å²) >= 11 is 0. The van der Waals surface area contributed by atoms with Gasteiger partial charge in [0.1, 0.15) is 0 Å². The zero-order valence-corrected chi connectivity index (χ0v) is 10.3. The van der Waals surface area contributed by atoms with Crippen LogP contribution in [0, 0.1) is 0 Å². The lowest BCUT2D eigenvalue weighted by Gasteiger charge is -2.09. The molecule has 2 aromatic carbocycles. The van der Waals surface area contributed by atoms with Gasteiger partial charge in [0.2, 0.25) is 5.78 Å². The van der Waals surface area contributed by atoms with E-state index in [4.69, 9.17) is 4.74 Å². The molecule has 0 saturated carbocycles. The van der Waals surface area contributed by atoms with Crippen molar-refractivity contribution in [3.63, 3.8) is 0 Å². The maximum Gasteiger partial charge on any atom is 0.310 e. The van der Waals surface area contributed by atoms with E-state index in [0.29, 0.717) is 5.56 Å². The number of hydrogen-bond acceptors (Lipinski definition) is 3. The Bertz CT molecular complexity index is 659. The van der Waals surface area contributed by atoms with Crippen molar-refractivity contribution in [2.45, 2.75) is 6.42 Å². The van der Waals surface area contributed by atoms with Crippen molar-refractivity contribution in [1.29, 1.82) is 0 Å². The Labute approximate surface area is 110 Å². The summed E-state index contributed by atoms with van der Waals surface area (Å²) in [6, 6.07) is 15.0. The number of carbonyl (C=O) groups is 2. The first kappa shape index (κ1) is 11.7. The van der Waals surface area contributed by atoms with Gasteiger partial charge >= 0.3 is 5.97 Å². The molecule has 19 heavy (non-hydrogen) atoms. The van der Waals surface area contributed by atoms with Gasteiger partial charge in [-0.3, -0.25) is 9.59 Å². The van der Waals surface area contributed by atoms with E-state index in [9.17, 15) is 9.59 Å². The SMILES string of the molecule is O=C1Cc2ccccc2-c2ccccc2C(=O)CO1. The number of fused-ring (bicyclic) bond motifs is 3. The van der Waals surface area contributed by atoms with E-state index in [0.717, 1.165) is 16.7 Å². The second kappa shape index (κ2) is 4.69. The van der Waals surface area contributed by atoms with Crippen LogP contribution in [-0.4, -0.2) is 18.4 Å². The first-order valence-electron chi connectivity index (χ1n) is 6.12.